The Morgan fingerprint density at radius 1 is 1.00 bits per heavy atom. The fraction of sp³-hybridized carbons (Fsp3) is 0.500. The zero-order valence-electron chi connectivity index (χ0n) is 25.6. The van der Waals surface area contributed by atoms with E-state index < -0.39 is 6.04 Å². The van der Waals surface area contributed by atoms with Crippen molar-refractivity contribution in [2.24, 2.45) is 11.8 Å². The van der Waals surface area contributed by atoms with E-state index in [1.807, 2.05) is 29.2 Å². The molecule has 0 unspecified atom stereocenters. The van der Waals surface area contributed by atoms with Crippen LogP contribution in [0.2, 0.25) is 5.02 Å². The number of para-hydroxylation sites is 2. The summed E-state index contributed by atoms with van der Waals surface area (Å²) in [6, 6.07) is 10.0. The highest BCUT2D eigenvalue weighted by molar-refractivity contribution is 6.33. The summed E-state index contributed by atoms with van der Waals surface area (Å²) >= 11 is 6.39. The zero-order chi connectivity index (χ0) is 31.5. The fourth-order valence-corrected chi connectivity index (χ4v) is 7.72. The van der Waals surface area contributed by atoms with Crippen LogP contribution in [0.3, 0.4) is 0 Å². The first kappa shape index (κ1) is 31.1. The molecule has 3 aromatic rings. The van der Waals surface area contributed by atoms with E-state index in [0.717, 1.165) is 42.5 Å². The number of nitrogens with zero attached hydrogens (tertiary/aromatic N) is 3. The van der Waals surface area contributed by atoms with E-state index in [-0.39, 0.29) is 30.1 Å². The summed E-state index contributed by atoms with van der Waals surface area (Å²) in [5.41, 5.74) is 9.12. The minimum absolute atomic E-state index is 0.0181. The van der Waals surface area contributed by atoms with Crippen LogP contribution >= 0.6 is 11.6 Å². The van der Waals surface area contributed by atoms with E-state index in [9.17, 15) is 14.4 Å². The van der Waals surface area contributed by atoms with Crippen molar-refractivity contribution in [2.75, 3.05) is 45.0 Å². The predicted octanol–water partition coefficient (Wildman–Crippen LogP) is 3.74. The quantitative estimate of drug-likeness (QED) is 0.243. The van der Waals surface area contributed by atoms with Gasteiger partial charge in [-0.15, -0.1) is 6.42 Å². The molecule has 0 aliphatic carbocycles. The number of aromatic amines is 1. The topological polar surface area (TPSA) is 128 Å². The van der Waals surface area contributed by atoms with Gasteiger partial charge in [-0.05, 0) is 93.3 Å². The second kappa shape index (κ2) is 13.6. The van der Waals surface area contributed by atoms with E-state index in [1.165, 1.54) is 12.8 Å². The van der Waals surface area contributed by atoms with E-state index >= 15 is 0 Å². The number of rotatable bonds is 6. The van der Waals surface area contributed by atoms with Gasteiger partial charge >= 0.3 is 11.7 Å². The van der Waals surface area contributed by atoms with Crippen molar-refractivity contribution in [3.05, 3.63) is 63.0 Å². The second-order valence-corrected chi connectivity index (χ2v) is 13.1. The summed E-state index contributed by atoms with van der Waals surface area (Å²) in [6.07, 6.45) is 11.5. The molecule has 5 N–H and O–H groups in total. The molecule has 45 heavy (non-hydrogen) atoms. The summed E-state index contributed by atoms with van der Waals surface area (Å²) in [6.45, 7) is 4.44. The smallest absolute Gasteiger partial charge is 0.326 e. The van der Waals surface area contributed by atoms with Crippen LogP contribution in [0.1, 0.15) is 55.7 Å². The number of hydrogen-bond donors (Lipinski definition) is 4. The van der Waals surface area contributed by atoms with E-state index in [4.69, 9.17) is 23.8 Å². The number of nitrogens with one attached hydrogen (secondary N) is 3. The van der Waals surface area contributed by atoms with Gasteiger partial charge in [0.1, 0.15) is 6.04 Å². The van der Waals surface area contributed by atoms with Crippen LogP contribution in [-0.4, -0.2) is 76.6 Å². The molecule has 2 aromatic carbocycles. The number of imidazole rings is 1. The molecule has 3 saturated heterocycles. The van der Waals surface area contributed by atoms with Crippen LogP contribution in [0, 0.1) is 24.2 Å². The molecule has 10 nitrogen and oxygen atoms in total. The minimum Gasteiger partial charge on any atom is -0.397 e. The Balaban J connectivity index is 1.14. The Morgan fingerprint density at radius 3 is 2.38 bits per heavy atom. The Morgan fingerprint density at radius 2 is 1.67 bits per heavy atom. The highest BCUT2D eigenvalue weighted by atomic mass is 35.5. The van der Waals surface area contributed by atoms with Crippen LogP contribution in [0.25, 0.3) is 11.0 Å². The average molecular weight is 632 g/mol. The van der Waals surface area contributed by atoms with Gasteiger partial charge in [-0.1, -0.05) is 29.7 Å². The number of halogens is 1. The van der Waals surface area contributed by atoms with Gasteiger partial charge in [0.25, 0.3) is 0 Å². The molecule has 6 rings (SSSR count). The summed E-state index contributed by atoms with van der Waals surface area (Å²) in [7, 11) is 0. The number of carbonyl (C=O) groups is 2. The second-order valence-electron chi connectivity index (χ2n) is 12.7. The van der Waals surface area contributed by atoms with Crippen molar-refractivity contribution in [1.82, 2.24) is 30.0 Å². The number of amides is 3. The molecule has 1 aromatic heterocycles. The Bertz CT molecular complexity index is 1640. The number of terminal acetylenes is 1. The third-order valence-electron chi connectivity index (χ3n) is 10.0. The molecule has 4 heterocycles. The van der Waals surface area contributed by atoms with Gasteiger partial charge < -0.3 is 31.2 Å². The fourth-order valence-electron chi connectivity index (χ4n) is 7.48. The Hall–Kier alpha value is -3.94. The molecule has 3 aliphatic heterocycles. The van der Waals surface area contributed by atoms with Crippen LogP contribution in [0.4, 0.5) is 10.5 Å². The number of piperidine rings is 3. The number of fused-ring (bicyclic) bond motifs is 1. The maximum Gasteiger partial charge on any atom is 0.326 e. The molecule has 1 atom stereocenters. The molecule has 11 heteroatoms. The van der Waals surface area contributed by atoms with Gasteiger partial charge in [-0.2, -0.15) is 0 Å². The minimum atomic E-state index is -0.785. The van der Waals surface area contributed by atoms with Crippen molar-refractivity contribution in [1.29, 1.82) is 0 Å². The Kier molecular flexibility index (Phi) is 9.38. The largest absolute Gasteiger partial charge is 0.397 e. The summed E-state index contributed by atoms with van der Waals surface area (Å²) in [4.78, 5) is 47.0. The number of hydrogen-bond acceptors (Lipinski definition) is 5. The third kappa shape index (κ3) is 6.70. The number of nitrogens with two attached hydrogens (primary N) is 1. The lowest BCUT2D eigenvalue weighted by Crippen LogP contribution is -2.55. The third-order valence-corrected chi connectivity index (χ3v) is 10.3. The molecular weight excluding hydrogens is 590 g/mol. The molecule has 0 spiro atoms. The lowest BCUT2D eigenvalue weighted by Gasteiger charge is -2.39. The van der Waals surface area contributed by atoms with Crippen molar-refractivity contribution in [2.45, 2.75) is 57.0 Å². The van der Waals surface area contributed by atoms with Gasteiger partial charge in [0.15, 0.2) is 0 Å². The first-order valence-electron chi connectivity index (χ1n) is 16.1. The Labute approximate surface area is 268 Å². The highest BCUT2D eigenvalue weighted by Crippen LogP contribution is 2.32. The SMILES string of the molecule is C#Cc1cc(C[C@@H](NC(=O)N2CCC(n3c(=O)[nH]c4ccccc43)CC2)C(=O)N2CCC(C3CCNCC3)CC2)cc(Cl)c1N. The summed E-state index contributed by atoms with van der Waals surface area (Å²) in [5.74, 6) is 3.81. The maximum absolute atomic E-state index is 14.0. The summed E-state index contributed by atoms with van der Waals surface area (Å²) in [5, 5.41) is 6.83. The number of aromatic nitrogens is 2. The molecular formula is C34H42ClN7O3. The van der Waals surface area contributed by atoms with E-state index in [0.29, 0.717) is 67.1 Å². The lowest BCUT2D eigenvalue weighted by molar-refractivity contribution is -0.135. The number of H-pyrrole nitrogens is 1. The number of anilines is 1. The van der Waals surface area contributed by atoms with Crippen LogP contribution < -0.4 is 22.1 Å². The van der Waals surface area contributed by atoms with Gasteiger partial charge in [0, 0.05) is 44.2 Å². The lowest BCUT2D eigenvalue weighted by atomic mass is 9.79. The van der Waals surface area contributed by atoms with Crippen molar-refractivity contribution in [3.8, 4) is 12.3 Å². The normalized spacial score (nSPS) is 19.4. The molecule has 0 radical (unpaired) electrons. The first-order valence-corrected chi connectivity index (χ1v) is 16.5. The first-order chi connectivity index (χ1) is 21.8. The summed E-state index contributed by atoms with van der Waals surface area (Å²) < 4.78 is 1.80. The standard InChI is InChI=1S/C34H42ClN7O3/c1-2-23-19-22(20-27(35)31(23)36)21-29(32(43)40-15-9-25(10-16-40)24-7-13-37-14-8-24)39-33(44)41-17-11-26(12-18-41)42-30-6-4-3-5-28(30)38-34(42)45/h1,3-6,19-20,24-26,29,37H,7-18,21,36H2,(H,38,45)(H,39,44)/t29-/m1/s1. The number of likely N-dealkylation sites (tertiary alicyclic amines) is 2. The van der Waals surface area contributed by atoms with Crippen LogP contribution in [0.15, 0.2) is 41.2 Å². The van der Waals surface area contributed by atoms with Crippen molar-refractivity contribution >= 4 is 40.3 Å². The molecule has 238 valence electrons. The molecule has 3 amide bonds. The maximum atomic E-state index is 14.0. The number of benzene rings is 2. The van der Waals surface area contributed by atoms with Crippen LogP contribution in [-0.2, 0) is 11.2 Å². The number of urea groups is 1. The van der Waals surface area contributed by atoms with Crippen molar-refractivity contribution in [3.63, 3.8) is 0 Å². The van der Waals surface area contributed by atoms with Crippen LogP contribution in [0.5, 0.6) is 0 Å². The van der Waals surface area contributed by atoms with Gasteiger partial charge in [-0.3, -0.25) is 9.36 Å². The number of nitrogen functional groups attached to an aromatic ring is 1. The van der Waals surface area contributed by atoms with Gasteiger partial charge in [0.05, 0.1) is 21.7 Å². The van der Waals surface area contributed by atoms with Gasteiger partial charge in [0.2, 0.25) is 5.91 Å². The molecule has 0 bridgehead atoms. The highest BCUT2D eigenvalue weighted by Gasteiger charge is 2.34. The molecule has 3 fully saturated rings. The van der Waals surface area contributed by atoms with Gasteiger partial charge in [-0.25, -0.2) is 9.59 Å². The zero-order valence-corrected chi connectivity index (χ0v) is 26.3. The monoisotopic (exact) mass is 631 g/mol. The van der Waals surface area contributed by atoms with Crippen molar-refractivity contribution < 1.29 is 9.59 Å². The number of carbonyl (C=O) groups excluding carboxylic acids is 2. The predicted molar refractivity (Wildman–Crippen MR) is 177 cm³/mol. The van der Waals surface area contributed by atoms with E-state index in [2.05, 4.69) is 21.5 Å². The average Bonchev–Trinajstić information content (AvgIpc) is 3.41. The molecule has 0 saturated carbocycles. The molecule has 3 aliphatic rings. The van der Waals surface area contributed by atoms with E-state index in [1.54, 1.807) is 21.6 Å².